The van der Waals surface area contributed by atoms with Crippen molar-refractivity contribution in [2.45, 2.75) is 26.7 Å². The van der Waals surface area contributed by atoms with Crippen molar-refractivity contribution >= 4 is 22.8 Å². The molecular weight excluding hydrogens is 411 g/mol. The van der Waals surface area contributed by atoms with Gasteiger partial charge in [-0.15, -0.1) is 11.3 Å². The summed E-state index contributed by atoms with van der Waals surface area (Å²) in [6, 6.07) is 8.94. The lowest BCUT2D eigenvalue weighted by atomic mass is 9.75. The van der Waals surface area contributed by atoms with Gasteiger partial charge in [-0.2, -0.15) is 0 Å². The number of thiazole rings is 1. The number of nitrogens with one attached hydrogen (secondary N) is 1. The summed E-state index contributed by atoms with van der Waals surface area (Å²) in [5, 5.41) is 4.10. The lowest BCUT2D eigenvalue weighted by Crippen LogP contribution is -2.43. The zero-order valence-electron chi connectivity index (χ0n) is 17.7. The minimum Gasteiger partial charge on any atom is -0.369 e. The Labute approximate surface area is 185 Å². The molecule has 5 nitrogen and oxygen atoms in total. The van der Waals surface area contributed by atoms with E-state index in [0.717, 1.165) is 70.7 Å². The highest BCUT2D eigenvalue weighted by Crippen LogP contribution is 2.37. The molecule has 2 aromatic heterocycles. The maximum Gasteiger partial charge on any atom is 0.165 e. The van der Waals surface area contributed by atoms with Crippen molar-refractivity contribution in [3.05, 3.63) is 53.6 Å². The molecule has 0 unspecified atom stereocenters. The van der Waals surface area contributed by atoms with Crippen LogP contribution < -0.4 is 10.2 Å². The first-order valence-corrected chi connectivity index (χ1v) is 11.5. The molecule has 3 heterocycles. The number of carbonyl (C=O) groups excluding carboxylic acids is 1. The second kappa shape index (κ2) is 7.80. The van der Waals surface area contributed by atoms with Crippen LogP contribution in [-0.4, -0.2) is 41.9 Å². The molecule has 1 saturated heterocycles. The summed E-state index contributed by atoms with van der Waals surface area (Å²) in [4.78, 5) is 24.9. The summed E-state index contributed by atoms with van der Waals surface area (Å²) in [7, 11) is 0. The van der Waals surface area contributed by atoms with E-state index in [4.69, 9.17) is 4.98 Å². The Bertz CT molecular complexity index is 1150. The van der Waals surface area contributed by atoms with E-state index >= 15 is 0 Å². The van der Waals surface area contributed by atoms with Crippen molar-refractivity contribution in [1.29, 1.82) is 0 Å². The molecule has 3 aromatic rings. The lowest BCUT2D eigenvalue weighted by molar-refractivity contribution is 0.0910. The summed E-state index contributed by atoms with van der Waals surface area (Å²) in [6.45, 7) is 7.74. The second-order valence-corrected chi connectivity index (χ2v) is 10.1. The molecule has 1 aromatic carbocycles. The van der Waals surface area contributed by atoms with Gasteiger partial charge in [0.15, 0.2) is 5.78 Å². The number of piperazine rings is 1. The van der Waals surface area contributed by atoms with Gasteiger partial charge in [0.1, 0.15) is 10.8 Å². The Balaban J connectivity index is 1.46. The summed E-state index contributed by atoms with van der Waals surface area (Å²) >= 11 is 1.50. The highest BCUT2D eigenvalue weighted by atomic mass is 32.1. The number of ketones is 1. The van der Waals surface area contributed by atoms with E-state index in [0.29, 0.717) is 6.42 Å². The summed E-state index contributed by atoms with van der Waals surface area (Å²) in [5.74, 6) is -0.0843. The quantitative estimate of drug-likeness (QED) is 0.652. The van der Waals surface area contributed by atoms with Gasteiger partial charge < -0.3 is 10.2 Å². The van der Waals surface area contributed by atoms with Crippen LogP contribution in [0.5, 0.6) is 0 Å². The van der Waals surface area contributed by atoms with Crippen LogP contribution in [0.4, 0.5) is 10.1 Å². The molecule has 1 fully saturated rings. The average Bonchev–Trinajstić information content (AvgIpc) is 3.23. The maximum atomic E-state index is 14.4. The largest absolute Gasteiger partial charge is 0.369 e. The first-order valence-electron chi connectivity index (χ1n) is 10.6. The van der Waals surface area contributed by atoms with Gasteiger partial charge in [-0.3, -0.25) is 4.79 Å². The molecule has 0 bridgehead atoms. The number of rotatable bonds is 3. The summed E-state index contributed by atoms with van der Waals surface area (Å²) < 4.78 is 14.4. The molecule has 1 aliphatic carbocycles. The van der Waals surface area contributed by atoms with Crippen LogP contribution in [0.3, 0.4) is 0 Å². The van der Waals surface area contributed by atoms with Gasteiger partial charge >= 0.3 is 0 Å². The van der Waals surface area contributed by atoms with Gasteiger partial charge in [-0.25, -0.2) is 14.4 Å². The van der Waals surface area contributed by atoms with Crippen LogP contribution in [0.2, 0.25) is 0 Å². The van der Waals surface area contributed by atoms with Crippen LogP contribution in [0.1, 0.15) is 36.3 Å². The minimum absolute atomic E-state index is 0.0777. The van der Waals surface area contributed by atoms with Gasteiger partial charge in [0, 0.05) is 50.0 Å². The Morgan fingerprint density at radius 1 is 1.13 bits per heavy atom. The summed E-state index contributed by atoms with van der Waals surface area (Å²) in [6.07, 6.45) is 3.11. The smallest absolute Gasteiger partial charge is 0.165 e. The number of Topliss-reactive ketones (excluding diaryl/α,β-unsaturated/α-hetero) is 1. The minimum atomic E-state index is -0.242. The maximum absolute atomic E-state index is 14.4. The van der Waals surface area contributed by atoms with Crippen molar-refractivity contribution < 1.29 is 9.18 Å². The highest BCUT2D eigenvalue weighted by molar-refractivity contribution is 7.18. The molecule has 7 heteroatoms. The Kier molecular flexibility index (Phi) is 5.10. The molecule has 0 atom stereocenters. The van der Waals surface area contributed by atoms with Crippen LogP contribution >= 0.6 is 11.3 Å². The molecule has 0 spiro atoms. The highest BCUT2D eigenvalue weighted by Gasteiger charge is 2.32. The average molecular weight is 437 g/mol. The van der Waals surface area contributed by atoms with Crippen LogP contribution in [0.15, 0.2) is 36.5 Å². The summed E-state index contributed by atoms with van der Waals surface area (Å²) in [5.41, 5.74) is 3.99. The number of hydrogen-bond acceptors (Lipinski definition) is 6. The molecule has 0 radical (unpaired) electrons. The molecule has 0 amide bonds. The SMILES string of the molecule is CC1(C)CC(=O)c2ccc(-c3ncc(-c4cc(F)cc(N5CCNCC5)c4)s3)nc2C1. The van der Waals surface area contributed by atoms with E-state index in [1.807, 2.05) is 18.2 Å². The van der Waals surface area contributed by atoms with E-state index in [9.17, 15) is 9.18 Å². The first-order chi connectivity index (χ1) is 14.9. The zero-order chi connectivity index (χ0) is 21.6. The van der Waals surface area contributed by atoms with Crippen LogP contribution in [0, 0.1) is 11.2 Å². The van der Waals surface area contributed by atoms with E-state index in [1.54, 1.807) is 18.3 Å². The number of hydrogen-bond donors (Lipinski definition) is 1. The topological polar surface area (TPSA) is 58.1 Å². The van der Waals surface area contributed by atoms with Gasteiger partial charge in [0.05, 0.1) is 16.3 Å². The number of nitrogens with zero attached hydrogens (tertiary/aromatic N) is 3. The molecule has 160 valence electrons. The van der Waals surface area contributed by atoms with Gasteiger partial charge in [-0.05, 0) is 47.7 Å². The van der Waals surface area contributed by atoms with E-state index < -0.39 is 0 Å². The van der Waals surface area contributed by atoms with Crippen molar-refractivity contribution in [2.24, 2.45) is 5.41 Å². The number of aromatic nitrogens is 2. The number of anilines is 1. The number of fused-ring (bicyclic) bond motifs is 1. The fraction of sp³-hybridized carbons (Fsp3) is 0.375. The van der Waals surface area contributed by atoms with E-state index in [2.05, 4.69) is 29.0 Å². The zero-order valence-corrected chi connectivity index (χ0v) is 18.6. The molecule has 5 rings (SSSR count). The third kappa shape index (κ3) is 4.12. The Morgan fingerprint density at radius 2 is 1.94 bits per heavy atom. The third-order valence-corrected chi connectivity index (χ3v) is 7.00. The molecular formula is C24H25FN4OS. The van der Waals surface area contributed by atoms with Gasteiger partial charge in [0.25, 0.3) is 0 Å². The van der Waals surface area contributed by atoms with E-state index in [-0.39, 0.29) is 17.0 Å². The number of halogens is 1. The second-order valence-electron chi connectivity index (χ2n) is 9.10. The van der Waals surface area contributed by atoms with Crippen molar-refractivity contribution in [2.75, 3.05) is 31.1 Å². The predicted molar refractivity (Wildman–Crippen MR) is 122 cm³/mol. The lowest BCUT2D eigenvalue weighted by Gasteiger charge is -2.29. The Hall–Kier alpha value is -2.64. The van der Waals surface area contributed by atoms with Crippen molar-refractivity contribution in [1.82, 2.24) is 15.3 Å². The van der Waals surface area contributed by atoms with E-state index in [1.165, 1.54) is 11.3 Å². The predicted octanol–water partition coefficient (Wildman–Crippen LogP) is 4.58. The molecule has 1 N–H and O–H groups in total. The fourth-order valence-electron chi connectivity index (χ4n) is 4.40. The number of benzene rings is 1. The Morgan fingerprint density at radius 3 is 2.74 bits per heavy atom. The fourth-order valence-corrected chi connectivity index (χ4v) is 5.28. The molecule has 31 heavy (non-hydrogen) atoms. The number of carbonyl (C=O) groups is 1. The normalized spacial score (nSPS) is 18.2. The van der Waals surface area contributed by atoms with Crippen molar-refractivity contribution in [3.63, 3.8) is 0 Å². The first kappa shape index (κ1) is 20.3. The van der Waals surface area contributed by atoms with Crippen molar-refractivity contribution in [3.8, 4) is 21.1 Å². The number of pyridine rings is 1. The molecule has 1 aliphatic heterocycles. The molecule has 2 aliphatic rings. The van der Waals surface area contributed by atoms with Crippen LogP contribution in [0.25, 0.3) is 21.1 Å². The monoisotopic (exact) mass is 436 g/mol. The van der Waals surface area contributed by atoms with Gasteiger partial charge in [-0.1, -0.05) is 13.8 Å². The van der Waals surface area contributed by atoms with Gasteiger partial charge in [0.2, 0.25) is 0 Å². The third-order valence-electron chi connectivity index (χ3n) is 5.93. The standard InChI is InChI=1S/C24H25FN4OS/c1-24(2)12-20-18(21(30)13-24)3-4-19(28-20)23-27-14-22(31-23)15-9-16(25)11-17(10-15)29-7-5-26-6-8-29/h3-4,9-11,14,26H,5-8,12-13H2,1-2H3. The van der Waals surface area contributed by atoms with Crippen LogP contribution in [-0.2, 0) is 6.42 Å². The molecule has 0 saturated carbocycles.